The van der Waals surface area contributed by atoms with E-state index in [0.29, 0.717) is 41.4 Å². The highest BCUT2D eigenvalue weighted by atomic mass is 19.1. The molecule has 1 aromatic carbocycles. The molecule has 1 atom stereocenters. The van der Waals surface area contributed by atoms with Gasteiger partial charge in [-0.25, -0.2) is 9.37 Å². The van der Waals surface area contributed by atoms with Crippen molar-refractivity contribution in [2.45, 2.75) is 45.6 Å². The molecule has 0 amide bonds. The maximum Gasteiger partial charge on any atom is 0.229 e. The lowest BCUT2D eigenvalue weighted by molar-refractivity contribution is 0.285. The Hall–Kier alpha value is -2.67. The summed E-state index contributed by atoms with van der Waals surface area (Å²) >= 11 is 0. The van der Waals surface area contributed by atoms with Gasteiger partial charge in [-0.2, -0.15) is 4.98 Å². The molecular formula is C22H28FN5O. The van der Waals surface area contributed by atoms with E-state index in [-0.39, 0.29) is 5.82 Å². The lowest BCUT2D eigenvalue weighted by atomic mass is 9.93. The van der Waals surface area contributed by atoms with E-state index in [1.54, 1.807) is 7.05 Å². The van der Waals surface area contributed by atoms with Crippen LogP contribution in [0, 0.1) is 12.7 Å². The van der Waals surface area contributed by atoms with E-state index in [0.717, 1.165) is 49.1 Å². The maximum absolute atomic E-state index is 15.8. The van der Waals surface area contributed by atoms with Gasteiger partial charge in [0.05, 0.1) is 17.9 Å². The van der Waals surface area contributed by atoms with E-state index in [1.165, 1.54) is 0 Å². The van der Waals surface area contributed by atoms with E-state index >= 15 is 4.39 Å². The molecule has 0 spiro atoms. The van der Waals surface area contributed by atoms with Gasteiger partial charge in [0.2, 0.25) is 5.95 Å². The van der Waals surface area contributed by atoms with Crippen molar-refractivity contribution < 1.29 is 9.13 Å². The van der Waals surface area contributed by atoms with E-state index in [9.17, 15) is 0 Å². The molecule has 0 bridgehead atoms. The molecule has 0 unspecified atom stereocenters. The zero-order chi connectivity index (χ0) is 20.4. The Bertz CT molecular complexity index is 943. The standard InChI is InChI=1S/C22H28FN5O/c1-13-6-7-15(8-9-25-13)19-20(23)17(12-16-5-4-10-29-21(16)19)27-22-26-14(2)11-18(24-3)28-22/h8,11-13,25H,4-7,9-10H2,1-3H3,(H2,24,26,27,28)/t13-/m0/s1. The zero-order valence-electron chi connectivity index (χ0n) is 17.2. The summed E-state index contributed by atoms with van der Waals surface area (Å²) in [7, 11) is 1.80. The van der Waals surface area contributed by atoms with Crippen LogP contribution >= 0.6 is 0 Å². The molecule has 6 nitrogen and oxygen atoms in total. The molecule has 29 heavy (non-hydrogen) atoms. The maximum atomic E-state index is 15.8. The summed E-state index contributed by atoms with van der Waals surface area (Å²) in [6.07, 6.45) is 5.67. The Labute approximate surface area is 171 Å². The number of hydrogen-bond acceptors (Lipinski definition) is 6. The van der Waals surface area contributed by atoms with Gasteiger partial charge in [-0.15, -0.1) is 0 Å². The number of nitrogens with zero attached hydrogens (tertiary/aromatic N) is 2. The predicted molar refractivity (Wildman–Crippen MR) is 114 cm³/mol. The number of rotatable bonds is 4. The van der Waals surface area contributed by atoms with Gasteiger partial charge in [-0.1, -0.05) is 6.08 Å². The van der Waals surface area contributed by atoms with Gasteiger partial charge >= 0.3 is 0 Å². The highest BCUT2D eigenvalue weighted by molar-refractivity contribution is 5.78. The zero-order valence-corrected chi connectivity index (χ0v) is 17.2. The first-order valence-corrected chi connectivity index (χ1v) is 10.3. The molecule has 2 aliphatic rings. The van der Waals surface area contributed by atoms with Crippen molar-refractivity contribution in [3.63, 3.8) is 0 Å². The number of nitrogens with one attached hydrogen (secondary N) is 3. The molecule has 4 rings (SSSR count). The van der Waals surface area contributed by atoms with Gasteiger partial charge in [0.1, 0.15) is 11.6 Å². The molecule has 1 aromatic heterocycles. The summed E-state index contributed by atoms with van der Waals surface area (Å²) in [5, 5.41) is 9.55. The largest absolute Gasteiger partial charge is 0.493 e. The highest BCUT2D eigenvalue weighted by Gasteiger charge is 2.26. The van der Waals surface area contributed by atoms with Crippen LogP contribution in [-0.2, 0) is 6.42 Å². The summed E-state index contributed by atoms with van der Waals surface area (Å²) in [6.45, 7) is 5.40. The Balaban J connectivity index is 1.77. The third-order valence-electron chi connectivity index (χ3n) is 5.47. The van der Waals surface area contributed by atoms with Gasteiger partial charge in [-0.05, 0) is 56.7 Å². The van der Waals surface area contributed by atoms with Crippen LogP contribution in [0.2, 0.25) is 0 Å². The number of halogens is 1. The Morgan fingerprint density at radius 2 is 2.10 bits per heavy atom. The molecule has 2 aromatic rings. The summed E-state index contributed by atoms with van der Waals surface area (Å²) in [5.74, 6) is 1.46. The van der Waals surface area contributed by atoms with Crippen LogP contribution < -0.4 is 20.7 Å². The van der Waals surface area contributed by atoms with Crippen molar-refractivity contribution in [3.8, 4) is 5.75 Å². The average Bonchev–Trinajstić information content (AvgIpc) is 2.92. The lowest BCUT2D eigenvalue weighted by Gasteiger charge is -2.24. The van der Waals surface area contributed by atoms with E-state index in [2.05, 4.69) is 38.9 Å². The number of aryl methyl sites for hydroxylation is 2. The second kappa shape index (κ2) is 8.37. The number of fused-ring (bicyclic) bond motifs is 1. The van der Waals surface area contributed by atoms with Crippen LogP contribution in [0.3, 0.4) is 0 Å². The van der Waals surface area contributed by atoms with Crippen molar-refractivity contribution in [1.29, 1.82) is 0 Å². The van der Waals surface area contributed by atoms with Gasteiger partial charge in [0.25, 0.3) is 0 Å². The van der Waals surface area contributed by atoms with E-state index in [4.69, 9.17) is 4.74 Å². The number of allylic oxidation sites excluding steroid dienone is 1. The van der Waals surface area contributed by atoms with Crippen LogP contribution in [0.1, 0.15) is 43.0 Å². The second-order valence-electron chi connectivity index (χ2n) is 7.72. The fourth-order valence-corrected chi connectivity index (χ4v) is 3.92. The minimum absolute atomic E-state index is 0.303. The molecule has 7 heteroatoms. The van der Waals surface area contributed by atoms with Crippen LogP contribution in [0.25, 0.3) is 5.57 Å². The van der Waals surface area contributed by atoms with Gasteiger partial charge in [0.15, 0.2) is 5.82 Å². The van der Waals surface area contributed by atoms with Gasteiger partial charge in [0, 0.05) is 31.4 Å². The predicted octanol–water partition coefficient (Wildman–Crippen LogP) is 4.19. The molecule has 2 aliphatic heterocycles. The molecular weight excluding hydrogens is 369 g/mol. The molecule has 0 saturated carbocycles. The molecule has 154 valence electrons. The normalized spacial score (nSPS) is 18.9. The van der Waals surface area contributed by atoms with E-state index in [1.807, 2.05) is 19.1 Å². The van der Waals surface area contributed by atoms with Gasteiger partial charge < -0.3 is 20.7 Å². The highest BCUT2D eigenvalue weighted by Crippen LogP contribution is 2.41. The van der Waals surface area contributed by atoms with E-state index < -0.39 is 0 Å². The number of ether oxygens (including phenoxy) is 1. The molecule has 0 radical (unpaired) electrons. The van der Waals surface area contributed by atoms with Gasteiger partial charge in [-0.3, -0.25) is 0 Å². The number of benzene rings is 1. The van der Waals surface area contributed by atoms with Crippen molar-refractivity contribution in [2.75, 3.05) is 30.8 Å². The second-order valence-corrected chi connectivity index (χ2v) is 7.72. The Morgan fingerprint density at radius 1 is 1.24 bits per heavy atom. The number of aromatic nitrogens is 2. The quantitative estimate of drug-likeness (QED) is 0.719. The molecule has 0 saturated heterocycles. The number of anilines is 3. The summed E-state index contributed by atoms with van der Waals surface area (Å²) in [5.41, 5.74) is 3.82. The smallest absolute Gasteiger partial charge is 0.229 e. The lowest BCUT2D eigenvalue weighted by Crippen LogP contribution is -2.24. The van der Waals surface area contributed by atoms with Crippen LogP contribution in [0.15, 0.2) is 18.2 Å². The summed E-state index contributed by atoms with van der Waals surface area (Å²) in [6, 6.07) is 4.10. The Kier molecular flexibility index (Phi) is 5.67. The first-order valence-electron chi connectivity index (χ1n) is 10.3. The third kappa shape index (κ3) is 4.19. The van der Waals surface area contributed by atoms with Crippen molar-refractivity contribution >= 4 is 23.0 Å². The Morgan fingerprint density at radius 3 is 2.93 bits per heavy atom. The fourth-order valence-electron chi connectivity index (χ4n) is 3.92. The molecule has 3 N–H and O–H groups in total. The topological polar surface area (TPSA) is 71.1 Å². The SMILES string of the molecule is CNc1cc(C)nc(Nc2cc3c(c(C4=CCN[C@@H](C)CC4)c2F)OCCC3)n1. The summed E-state index contributed by atoms with van der Waals surface area (Å²) < 4.78 is 21.7. The average molecular weight is 397 g/mol. The number of hydrogen-bond donors (Lipinski definition) is 3. The van der Waals surface area contributed by atoms with Crippen LogP contribution in [0.5, 0.6) is 5.75 Å². The van der Waals surface area contributed by atoms with Crippen molar-refractivity contribution in [3.05, 3.63) is 40.8 Å². The minimum atomic E-state index is -0.303. The monoisotopic (exact) mass is 397 g/mol. The molecule has 0 aliphatic carbocycles. The van der Waals surface area contributed by atoms with Crippen LogP contribution in [-0.4, -0.2) is 36.2 Å². The first kappa shape index (κ1) is 19.6. The van der Waals surface area contributed by atoms with Crippen LogP contribution in [0.4, 0.5) is 21.8 Å². The molecule has 0 fully saturated rings. The molecule has 3 heterocycles. The minimum Gasteiger partial charge on any atom is -0.493 e. The summed E-state index contributed by atoms with van der Waals surface area (Å²) in [4.78, 5) is 8.82. The third-order valence-corrected chi connectivity index (χ3v) is 5.47. The first-order chi connectivity index (χ1) is 14.0. The van der Waals surface area contributed by atoms with Crippen molar-refractivity contribution in [2.24, 2.45) is 0 Å². The fraction of sp³-hybridized carbons (Fsp3) is 0.455. The van der Waals surface area contributed by atoms with Crippen molar-refractivity contribution in [1.82, 2.24) is 15.3 Å².